The van der Waals surface area contributed by atoms with Crippen LogP contribution in [0.5, 0.6) is 0 Å². The lowest BCUT2D eigenvalue weighted by atomic mass is 9.72. The minimum absolute atomic E-state index is 0.241. The molecule has 0 aromatic carbocycles. The molecule has 1 aliphatic rings. The van der Waals surface area contributed by atoms with Crippen molar-refractivity contribution >= 4 is 0 Å². The number of aliphatic hydroxyl groups excluding tert-OH is 1. The van der Waals surface area contributed by atoms with Gasteiger partial charge in [-0.3, -0.25) is 0 Å². The Morgan fingerprint density at radius 3 is 2.67 bits per heavy atom. The lowest BCUT2D eigenvalue weighted by molar-refractivity contribution is 0.339. The van der Waals surface area contributed by atoms with Gasteiger partial charge in [0, 0.05) is 0 Å². The fourth-order valence-electron chi connectivity index (χ4n) is 2.73. The quantitative estimate of drug-likeness (QED) is 0.670. The minimum atomic E-state index is -0.419. The third-order valence-electron chi connectivity index (χ3n) is 3.96. The lowest BCUT2D eigenvalue weighted by Gasteiger charge is -2.32. The minimum Gasteiger partial charge on any atom is -0.392 e. The van der Waals surface area contributed by atoms with Crippen LogP contribution in [0.2, 0.25) is 0 Å². The second kappa shape index (κ2) is 8.14. The molecule has 0 unspecified atom stereocenters. The van der Waals surface area contributed by atoms with Crippen LogP contribution in [0.3, 0.4) is 0 Å². The molecule has 0 heterocycles. The number of hydrogen-bond donors (Lipinski definition) is 1. The van der Waals surface area contributed by atoms with Gasteiger partial charge in [-0.1, -0.05) is 49.3 Å². The first kappa shape index (κ1) is 17.6. The van der Waals surface area contributed by atoms with Crippen LogP contribution in [0.25, 0.3) is 0 Å². The molecule has 0 fully saturated rings. The van der Waals surface area contributed by atoms with E-state index in [0.29, 0.717) is 0 Å². The molecule has 1 aliphatic carbocycles. The molecule has 116 valence electrons. The second-order valence-electron chi connectivity index (χ2n) is 6.31. The molecular formula is C19H27FO. The van der Waals surface area contributed by atoms with E-state index in [9.17, 15) is 4.39 Å². The predicted octanol–water partition coefficient (Wildman–Crippen LogP) is 5.42. The van der Waals surface area contributed by atoms with Crippen molar-refractivity contribution in [3.05, 3.63) is 59.0 Å². The van der Waals surface area contributed by atoms with Crippen molar-refractivity contribution in [2.45, 2.75) is 47.0 Å². The van der Waals surface area contributed by atoms with Crippen molar-refractivity contribution in [2.75, 3.05) is 6.61 Å². The molecule has 0 spiro atoms. The molecule has 0 saturated carbocycles. The fraction of sp³-hybridized carbons (Fsp3) is 0.474. The summed E-state index contributed by atoms with van der Waals surface area (Å²) in [6, 6.07) is 0. The van der Waals surface area contributed by atoms with E-state index in [0.717, 1.165) is 11.6 Å². The molecule has 2 heteroatoms. The molecule has 0 radical (unpaired) electrons. The maximum absolute atomic E-state index is 13.0. The highest BCUT2D eigenvalue weighted by molar-refractivity contribution is 5.36. The first-order chi connectivity index (χ1) is 9.86. The van der Waals surface area contributed by atoms with Crippen molar-refractivity contribution < 1.29 is 9.50 Å². The van der Waals surface area contributed by atoms with Gasteiger partial charge in [0.1, 0.15) is 5.83 Å². The van der Waals surface area contributed by atoms with Gasteiger partial charge in [0.15, 0.2) is 0 Å². The first-order valence-corrected chi connectivity index (χ1v) is 7.56. The van der Waals surface area contributed by atoms with Crippen LogP contribution in [0.1, 0.15) is 47.0 Å². The van der Waals surface area contributed by atoms with E-state index in [-0.39, 0.29) is 12.0 Å². The zero-order valence-electron chi connectivity index (χ0n) is 13.6. The van der Waals surface area contributed by atoms with E-state index in [1.165, 1.54) is 36.5 Å². The van der Waals surface area contributed by atoms with Crippen LogP contribution in [-0.2, 0) is 0 Å². The van der Waals surface area contributed by atoms with Gasteiger partial charge in [0.2, 0.25) is 0 Å². The SMILES string of the molecule is CC1=C(/C=C/C(C)=C/C=C/C(F)=C\CO)C(C)(C)CCC1. The van der Waals surface area contributed by atoms with Gasteiger partial charge in [-0.25, -0.2) is 4.39 Å². The maximum atomic E-state index is 13.0. The second-order valence-corrected chi connectivity index (χ2v) is 6.31. The van der Waals surface area contributed by atoms with Crippen molar-refractivity contribution in [1.29, 1.82) is 0 Å². The summed E-state index contributed by atoms with van der Waals surface area (Å²) in [5, 5.41) is 8.57. The molecule has 0 aromatic heterocycles. The summed E-state index contributed by atoms with van der Waals surface area (Å²) >= 11 is 0. The standard InChI is InChI=1S/C19H27FO/c1-15(7-5-9-17(20)12-14-21)10-11-18-16(2)8-6-13-19(18,3)4/h5,7,9-12,21H,6,8,13-14H2,1-4H3/b9-5+,11-10+,15-7+,17-12+. The number of hydrogen-bond acceptors (Lipinski definition) is 1. The Hall–Kier alpha value is -1.41. The van der Waals surface area contributed by atoms with Crippen molar-refractivity contribution in [3.63, 3.8) is 0 Å². The Balaban J connectivity index is 2.78. The number of halogens is 1. The zero-order chi connectivity index (χ0) is 15.9. The summed E-state index contributed by atoms with van der Waals surface area (Å²) < 4.78 is 13.0. The van der Waals surface area contributed by atoms with Crippen LogP contribution < -0.4 is 0 Å². The summed E-state index contributed by atoms with van der Waals surface area (Å²) in [4.78, 5) is 0. The van der Waals surface area contributed by atoms with Gasteiger partial charge in [0.25, 0.3) is 0 Å². The highest BCUT2D eigenvalue weighted by Gasteiger charge is 2.26. The molecule has 0 saturated heterocycles. The topological polar surface area (TPSA) is 20.2 Å². The Labute approximate surface area is 128 Å². The molecule has 1 rings (SSSR count). The summed E-state index contributed by atoms with van der Waals surface area (Å²) in [5.41, 5.74) is 4.22. The molecule has 21 heavy (non-hydrogen) atoms. The summed E-state index contributed by atoms with van der Waals surface area (Å²) in [5.74, 6) is -0.419. The summed E-state index contributed by atoms with van der Waals surface area (Å²) in [6.45, 7) is 8.53. The maximum Gasteiger partial charge on any atom is 0.121 e. The van der Waals surface area contributed by atoms with Gasteiger partial charge in [-0.05, 0) is 56.3 Å². The van der Waals surface area contributed by atoms with Gasteiger partial charge in [-0.2, -0.15) is 0 Å². The molecule has 1 nitrogen and oxygen atoms in total. The van der Waals surface area contributed by atoms with E-state index in [4.69, 9.17) is 5.11 Å². The van der Waals surface area contributed by atoms with E-state index < -0.39 is 5.83 Å². The smallest absolute Gasteiger partial charge is 0.121 e. The van der Waals surface area contributed by atoms with E-state index in [1.54, 1.807) is 6.08 Å². The molecule has 0 bridgehead atoms. The number of aliphatic hydroxyl groups is 1. The van der Waals surface area contributed by atoms with Crippen molar-refractivity contribution in [1.82, 2.24) is 0 Å². The fourth-order valence-corrected chi connectivity index (χ4v) is 2.73. The van der Waals surface area contributed by atoms with Crippen LogP contribution in [0, 0.1) is 5.41 Å². The average molecular weight is 290 g/mol. The first-order valence-electron chi connectivity index (χ1n) is 7.56. The molecular weight excluding hydrogens is 263 g/mol. The van der Waals surface area contributed by atoms with Gasteiger partial charge in [-0.15, -0.1) is 0 Å². The third-order valence-corrected chi connectivity index (χ3v) is 3.96. The Kier molecular flexibility index (Phi) is 6.83. The number of rotatable bonds is 5. The van der Waals surface area contributed by atoms with E-state index in [1.807, 2.05) is 13.0 Å². The van der Waals surface area contributed by atoms with Crippen molar-refractivity contribution in [3.8, 4) is 0 Å². The van der Waals surface area contributed by atoms with Gasteiger partial charge < -0.3 is 5.11 Å². The molecule has 0 aliphatic heterocycles. The van der Waals surface area contributed by atoms with Gasteiger partial charge in [0.05, 0.1) is 6.61 Å². The molecule has 0 aromatic rings. The largest absolute Gasteiger partial charge is 0.392 e. The Bertz CT molecular complexity index is 502. The van der Waals surface area contributed by atoms with Crippen LogP contribution in [0.4, 0.5) is 4.39 Å². The number of allylic oxidation sites excluding steroid dienone is 9. The molecule has 1 N–H and O–H groups in total. The highest BCUT2D eigenvalue weighted by atomic mass is 19.1. The monoisotopic (exact) mass is 290 g/mol. The summed E-state index contributed by atoms with van der Waals surface area (Å²) in [7, 11) is 0. The average Bonchev–Trinajstić information content (AvgIpc) is 2.37. The molecule has 0 amide bonds. The normalized spacial score (nSPS) is 20.9. The van der Waals surface area contributed by atoms with Crippen LogP contribution in [0.15, 0.2) is 59.0 Å². The highest BCUT2D eigenvalue weighted by Crippen LogP contribution is 2.40. The van der Waals surface area contributed by atoms with Crippen LogP contribution >= 0.6 is 0 Å². The third kappa shape index (κ3) is 5.84. The van der Waals surface area contributed by atoms with Crippen LogP contribution in [-0.4, -0.2) is 11.7 Å². The Morgan fingerprint density at radius 1 is 1.33 bits per heavy atom. The summed E-state index contributed by atoms with van der Waals surface area (Å²) in [6.07, 6.45) is 14.0. The Morgan fingerprint density at radius 2 is 2.05 bits per heavy atom. The van der Waals surface area contributed by atoms with E-state index in [2.05, 4.69) is 32.9 Å². The van der Waals surface area contributed by atoms with E-state index >= 15 is 0 Å². The predicted molar refractivity (Wildman–Crippen MR) is 88.6 cm³/mol. The lowest BCUT2D eigenvalue weighted by Crippen LogP contribution is -2.19. The van der Waals surface area contributed by atoms with Gasteiger partial charge >= 0.3 is 0 Å². The zero-order valence-corrected chi connectivity index (χ0v) is 13.6. The van der Waals surface area contributed by atoms with Crippen molar-refractivity contribution in [2.24, 2.45) is 5.41 Å². The molecule has 0 atom stereocenters.